The average molecular weight is 306 g/mol. The van der Waals surface area contributed by atoms with Crippen LogP contribution in [0.2, 0.25) is 0 Å². The third kappa shape index (κ3) is 4.06. The standard InChI is InChI=1S/C13H11N2O5P/c16-13(17)9-4-6-10(7-5-9)14-15-11-2-1-3-12(8-11)21(18,19)20/h1-8H,(H,16,17)(H2,18,19,20). The second-order valence-electron chi connectivity index (χ2n) is 4.12. The summed E-state index contributed by atoms with van der Waals surface area (Å²) >= 11 is 0. The second-order valence-corrected chi connectivity index (χ2v) is 5.72. The van der Waals surface area contributed by atoms with Crippen LogP contribution in [0, 0.1) is 0 Å². The van der Waals surface area contributed by atoms with Gasteiger partial charge in [-0.25, -0.2) is 4.79 Å². The molecule has 21 heavy (non-hydrogen) atoms. The van der Waals surface area contributed by atoms with Crippen molar-refractivity contribution in [2.24, 2.45) is 10.2 Å². The number of benzene rings is 2. The Morgan fingerprint density at radius 2 is 1.57 bits per heavy atom. The van der Waals surface area contributed by atoms with Crippen LogP contribution in [0.4, 0.5) is 11.4 Å². The number of hydrogen-bond acceptors (Lipinski definition) is 4. The minimum atomic E-state index is -4.33. The summed E-state index contributed by atoms with van der Waals surface area (Å²) in [7, 11) is -4.33. The molecule has 0 aliphatic rings. The SMILES string of the molecule is O=C(O)c1ccc(N=Nc2cccc(P(=O)(O)O)c2)cc1. The number of azo groups is 1. The summed E-state index contributed by atoms with van der Waals surface area (Å²) in [5.74, 6) is -1.03. The lowest BCUT2D eigenvalue weighted by Gasteiger charge is -2.03. The van der Waals surface area contributed by atoms with Crippen molar-refractivity contribution in [1.29, 1.82) is 0 Å². The fourth-order valence-corrected chi connectivity index (χ4v) is 2.10. The summed E-state index contributed by atoms with van der Waals surface area (Å²) in [6, 6.07) is 11.3. The van der Waals surface area contributed by atoms with Gasteiger partial charge in [0.25, 0.3) is 0 Å². The minimum absolute atomic E-state index is 0.137. The van der Waals surface area contributed by atoms with Gasteiger partial charge in [0, 0.05) is 0 Å². The molecule has 0 saturated heterocycles. The molecular weight excluding hydrogens is 295 g/mol. The Morgan fingerprint density at radius 1 is 0.952 bits per heavy atom. The van der Waals surface area contributed by atoms with E-state index in [0.29, 0.717) is 5.69 Å². The zero-order valence-electron chi connectivity index (χ0n) is 10.6. The van der Waals surface area contributed by atoms with Crippen LogP contribution in [0.3, 0.4) is 0 Å². The van der Waals surface area contributed by atoms with Crippen LogP contribution >= 0.6 is 7.60 Å². The Kier molecular flexibility index (Phi) is 4.28. The number of nitrogens with zero attached hydrogens (tertiary/aromatic N) is 2. The highest BCUT2D eigenvalue weighted by Crippen LogP contribution is 2.34. The summed E-state index contributed by atoms with van der Waals surface area (Å²) in [6.45, 7) is 0. The van der Waals surface area contributed by atoms with Crippen molar-refractivity contribution >= 4 is 30.2 Å². The van der Waals surface area contributed by atoms with E-state index in [1.807, 2.05) is 0 Å². The zero-order chi connectivity index (χ0) is 15.5. The Morgan fingerprint density at radius 3 is 2.14 bits per heavy atom. The Hall–Kier alpha value is -2.34. The molecule has 0 aromatic heterocycles. The van der Waals surface area contributed by atoms with E-state index in [1.165, 1.54) is 42.5 Å². The van der Waals surface area contributed by atoms with Gasteiger partial charge in [-0.3, -0.25) is 4.57 Å². The number of carbonyl (C=O) groups is 1. The van der Waals surface area contributed by atoms with E-state index >= 15 is 0 Å². The van der Waals surface area contributed by atoms with Crippen molar-refractivity contribution in [3.05, 3.63) is 54.1 Å². The molecule has 0 aliphatic carbocycles. The van der Waals surface area contributed by atoms with Crippen molar-refractivity contribution in [2.75, 3.05) is 0 Å². The van der Waals surface area contributed by atoms with Gasteiger partial charge in [0.15, 0.2) is 0 Å². The quantitative estimate of drug-likeness (QED) is 0.592. The highest BCUT2D eigenvalue weighted by atomic mass is 31.2. The maximum absolute atomic E-state index is 11.1. The summed E-state index contributed by atoms with van der Waals surface area (Å²) in [5.41, 5.74) is 0.858. The van der Waals surface area contributed by atoms with Crippen molar-refractivity contribution in [1.82, 2.24) is 0 Å². The van der Waals surface area contributed by atoms with Gasteiger partial charge in [0.05, 0.1) is 22.2 Å². The molecule has 2 aromatic carbocycles. The molecule has 0 aliphatic heterocycles. The fraction of sp³-hybridized carbons (Fsp3) is 0. The van der Waals surface area contributed by atoms with Crippen molar-refractivity contribution < 1.29 is 24.3 Å². The normalized spacial score (nSPS) is 11.7. The van der Waals surface area contributed by atoms with E-state index in [0.717, 1.165) is 0 Å². The molecule has 0 atom stereocenters. The molecule has 0 fully saturated rings. The predicted molar refractivity (Wildman–Crippen MR) is 75.7 cm³/mol. The van der Waals surface area contributed by atoms with Crippen LogP contribution < -0.4 is 5.30 Å². The molecule has 7 nitrogen and oxygen atoms in total. The van der Waals surface area contributed by atoms with Crippen LogP contribution in [0.15, 0.2) is 58.8 Å². The Labute approximate surface area is 119 Å². The molecular formula is C13H11N2O5P. The van der Waals surface area contributed by atoms with E-state index < -0.39 is 13.6 Å². The zero-order valence-corrected chi connectivity index (χ0v) is 11.5. The molecule has 0 saturated carbocycles. The molecule has 0 bridgehead atoms. The molecule has 0 unspecified atom stereocenters. The number of rotatable bonds is 4. The van der Waals surface area contributed by atoms with Gasteiger partial charge < -0.3 is 14.9 Å². The number of carboxylic acid groups (broad SMARTS) is 1. The molecule has 0 spiro atoms. The molecule has 2 aromatic rings. The first-order valence-corrected chi connectivity index (χ1v) is 7.39. The molecule has 0 amide bonds. The highest BCUT2D eigenvalue weighted by Gasteiger charge is 2.16. The van der Waals surface area contributed by atoms with E-state index in [4.69, 9.17) is 14.9 Å². The van der Waals surface area contributed by atoms with Crippen LogP contribution in [0.1, 0.15) is 10.4 Å². The predicted octanol–water partition coefficient (Wildman–Crippen LogP) is 2.60. The molecule has 3 N–H and O–H groups in total. The number of carboxylic acids is 1. The lowest BCUT2D eigenvalue weighted by atomic mass is 10.2. The van der Waals surface area contributed by atoms with Crippen molar-refractivity contribution in [3.8, 4) is 0 Å². The van der Waals surface area contributed by atoms with Crippen molar-refractivity contribution in [3.63, 3.8) is 0 Å². The van der Waals surface area contributed by atoms with Crippen LogP contribution in [-0.2, 0) is 4.57 Å². The molecule has 8 heteroatoms. The van der Waals surface area contributed by atoms with E-state index in [-0.39, 0.29) is 16.6 Å². The monoisotopic (exact) mass is 306 g/mol. The van der Waals surface area contributed by atoms with E-state index in [1.54, 1.807) is 6.07 Å². The maximum Gasteiger partial charge on any atom is 0.356 e. The first-order chi connectivity index (χ1) is 9.86. The van der Waals surface area contributed by atoms with Crippen LogP contribution in [0.5, 0.6) is 0 Å². The van der Waals surface area contributed by atoms with Gasteiger partial charge in [-0.15, -0.1) is 0 Å². The maximum atomic E-state index is 11.1. The first-order valence-electron chi connectivity index (χ1n) is 5.77. The molecule has 0 heterocycles. The lowest BCUT2D eigenvalue weighted by Crippen LogP contribution is -2.01. The summed E-state index contributed by atoms with van der Waals surface area (Å²) < 4.78 is 11.1. The third-order valence-corrected chi connectivity index (χ3v) is 3.51. The number of hydrogen-bond donors (Lipinski definition) is 3. The Balaban J connectivity index is 2.21. The fourth-order valence-electron chi connectivity index (χ4n) is 1.52. The third-order valence-electron chi connectivity index (χ3n) is 2.56. The summed E-state index contributed by atoms with van der Waals surface area (Å²) in [4.78, 5) is 28.8. The smallest absolute Gasteiger partial charge is 0.356 e. The van der Waals surface area contributed by atoms with Crippen LogP contribution in [-0.4, -0.2) is 20.9 Å². The summed E-state index contributed by atoms with van der Waals surface area (Å²) in [6.07, 6.45) is 0. The highest BCUT2D eigenvalue weighted by molar-refractivity contribution is 7.60. The van der Waals surface area contributed by atoms with Crippen molar-refractivity contribution in [2.45, 2.75) is 0 Å². The van der Waals surface area contributed by atoms with Gasteiger partial charge >= 0.3 is 13.6 Å². The topological polar surface area (TPSA) is 120 Å². The van der Waals surface area contributed by atoms with E-state index in [2.05, 4.69) is 10.2 Å². The molecule has 108 valence electrons. The van der Waals surface area contributed by atoms with Gasteiger partial charge in [0.1, 0.15) is 0 Å². The largest absolute Gasteiger partial charge is 0.478 e. The Bertz CT molecular complexity index is 736. The number of aromatic carboxylic acids is 1. The summed E-state index contributed by atoms with van der Waals surface area (Å²) in [5, 5.41) is 16.4. The second kappa shape index (κ2) is 5.97. The van der Waals surface area contributed by atoms with Gasteiger partial charge in [-0.2, -0.15) is 10.2 Å². The van der Waals surface area contributed by atoms with E-state index in [9.17, 15) is 9.36 Å². The lowest BCUT2D eigenvalue weighted by molar-refractivity contribution is 0.0697. The molecule has 2 rings (SSSR count). The van der Waals surface area contributed by atoms with Gasteiger partial charge in [-0.1, -0.05) is 6.07 Å². The average Bonchev–Trinajstić information content (AvgIpc) is 2.45. The van der Waals surface area contributed by atoms with Crippen LogP contribution in [0.25, 0.3) is 0 Å². The van der Waals surface area contributed by atoms with Gasteiger partial charge in [0.2, 0.25) is 0 Å². The van der Waals surface area contributed by atoms with Gasteiger partial charge in [-0.05, 0) is 42.5 Å². The minimum Gasteiger partial charge on any atom is -0.478 e. The first kappa shape index (κ1) is 15.1. The molecule has 0 radical (unpaired) electrons.